The predicted octanol–water partition coefficient (Wildman–Crippen LogP) is 5.77. The first-order valence-electron chi connectivity index (χ1n) is 9.54. The summed E-state index contributed by atoms with van der Waals surface area (Å²) in [4.78, 5) is 0. The van der Waals surface area contributed by atoms with Crippen molar-refractivity contribution in [3.63, 3.8) is 0 Å². The van der Waals surface area contributed by atoms with Gasteiger partial charge >= 0.3 is 0 Å². The van der Waals surface area contributed by atoms with Crippen LogP contribution < -0.4 is 10.1 Å². The summed E-state index contributed by atoms with van der Waals surface area (Å²) >= 11 is 0. The Kier molecular flexibility index (Phi) is 8.07. The van der Waals surface area contributed by atoms with E-state index in [1.54, 1.807) is 6.26 Å². The minimum Gasteiger partial charge on any atom is -0.491 e. The zero-order valence-electron chi connectivity index (χ0n) is 16.1. The van der Waals surface area contributed by atoms with Crippen LogP contribution in [0.5, 0.6) is 5.75 Å². The van der Waals surface area contributed by atoms with Crippen molar-refractivity contribution < 1.29 is 9.15 Å². The average molecular weight is 344 g/mol. The van der Waals surface area contributed by atoms with Crippen LogP contribution in [0.15, 0.2) is 47.1 Å². The summed E-state index contributed by atoms with van der Waals surface area (Å²) in [6, 6.07) is 12.5. The Balaban J connectivity index is 1.75. The molecule has 1 aromatic carbocycles. The van der Waals surface area contributed by atoms with Crippen molar-refractivity contribution in [1.29, 1.82) is 0 Å². The van der Waals surface area contributed by atoms with Gasteiger partial charge in [-0.15, -0.1) is 0 Å². The monoisotopic (exact) mass is 343 g/mol. The summed E-state index contributed by atoms with van der Waals surface area (Å²) in [5.74, 6) is 3.30. The van der Waals surface area contributed by atoms with Crippen LogP contribution in [0.25, 0.3) is 0 Å². The second-order valence-electron chi connectivity index (χ2n) is 7.46. The quantitative estimate of drug-likeness (QED) is 0.526. The number of furan rings is 1. The highest BCUT2D eigenvalue weighted by molar-refractivity contribution is 5.27. The standard InChI is InChI=1S/C22H33NO2/c1-17(2)7-10-20(22-6-5-15-24-22)13-14-23-16-19-8-11-21(12-9-19)25-18(3)4/h5-6,8-9,11-12,15,17-18,20,23H,7,10,13-14,16H2,1-4H3. The molecule has 0 saturated heterocycles. The van der Waals surface area contributed by atoms with Gasteiger partial charge in [-0.2, -0.15) is 0 Å². The maximum Gasteiger partial charge on any atom is 0.119 e. The molecule has 0 bridgehead atoms. The van der Waals surface area contributed by atoms with E-state index in [1.807, 2.05) is 32.0 Å². The summed E-state index contributed by atoms with van der Waals surface area (Å²) in [5.41, 5.74) is 1.29. The number of hydrogen-bond acceptors (Lipinski definition) is 3. The van der Waals surface area contributed by atoms with Gasteiger partial charge in [0, 0.05) is 12.5 Å². The van der Waals surface area contributed by atoms with Crippen LogP contribution in [0.4, 0.5) is 0 Å². The number of ether oxygens (including phenoxy) is 1. The molecule has 3 nitrogen and oxygen atoms in total. The molecule has 3 heteroatoms. The van der Waals surface area contributed by atoms with E-state index >= 15 is 0 Å². The fourth-order valence-corrected chi connectivity index (χ4v) is 2.95. The van der Waals surface area contributed by atoms with E-state index in [9.17, 15) is 0 Å². The molecule has 1 unspecified atom stereocenters. The maximum atomic E-state index is 5.68. The first-order valence-corrected chi connectivity index (χ1v) is 9.54. The molecule has 138 valence electrons. The van der Waals surface area contributed by atoms with Gasteiger partial charge in [-0.1, -0.05) is 32.4 Å². The summed E-state index contributed by atoms with van der Waals surface area (Å²) < 4.78 is 11.3. The zero-order valence-corrected chi connectivity index (χ0v) is 16.1. The molecule has 2 rings (SSSR count). The van der Waals surface area contributed by atoms with Gasteiger partial charge in [-0.25, -0.2) is 0 Å². The van der Waals surface area contributed by atoms with Gasteiger partial charge < -0.3 is 14.5 Å². The van der Waals surface area contributed by atoms with Crippen molar-refractivity contribution in [3.8, 4) is 5.75 Å². The molecule has 1 aromatic heterocycles. The molecule has 0 aliphatic carbocycles. The normalized spacial score (nSPS) is 12.7. The summed E-state index contributed by atoms with van der Waals surface area (Å²) in [6.07, 6.45) is 5.53. The van der Waals surface area contributed by atoms with Crippen molar-refractivity contribution in [3.05, 3.63) is 54.0 Å². The Hall–Kier alpha value is -1.74. The van der Waals surface area contributed by atoms with E-state index in [4.69, 9.17) is 9.15 Å². The van der Waals surface area contributed by atoms with E-state index in [2.05, 4.69) is 37.4 Å². The number of rotatable bonds is 11. The van der Waals surface area contributed by atoms with Gasteiger partial charge in [0.1, 0.15) is 11.5 Å². The minimum absolute atomic E-state index is 0.216. The lowest BCUT2D eigenvalue weighted by molar-refractivity contribution is 0.242. The third-order valence-corrected chi connectivity index (χ3v) is 4.33. The van der Waals surface area contributed by atoms with Crippen molar-refractivity contribution in [1.82, 2.24) is 5.32 Å². The first kappa shape index (κ1) is 19.6. The molecule has 0 aliphatic heterocycles. The maximum absolute atomic E-state index is 5.68. The summed E-state index contributed by atoms with van der Waals surface area (Å²) in [7, 11) is 0. The molecule has 0 saturated carbocycles. The average Bonchev–Trinajstić information content (AvgIpc) is 3.09. The molecule has 0 spiro atoms. The topological polar surface area (TPSA) is 34.4 Å². The Morgan fingerprint density at radius 1 is 0.960 bits per heavy atom. The summed E-state index contributed by atoms with van der Waals surface area (Å²) in [5, 5.41) is 3.56. The van der Waals surface area contributed by atoms with Crippen LogP contribution in [0.3, 0.4) is 0 Å². The molecule has 1 heterocycles. The number of nitrogens with one attached hydrogen (secondary N) is 1. The Labute approximate surface area is 152 Å². The molecule has 0 aliphatic rings. The Morgan fingerprint density at radius 2 is 1.72 bits per heavy atom. The van der Waals surface area contributed by atoms with Crippen LogP contribution in [0.1, 0.15) is 64.2 Å². The number of hydrogen-bond donors (Lipinski definition) is 1. The minimum atomic E-state index is 0.216. The van der Waals surface area contributed by atoms with Gasteiger partial charge in [0.25, 0.3) is 0 Å². The van der Waals surface area contributed by atoms with Crippen molar-refractivity contribution >= 4 is 0 Å². The molecular formula is C22H33NO2. The highest BCUT2D eigenvalue weighted by Crippen LogP contribution is 2.26. The second kappa shape index (κ2) is 10.3. The van der Waals surface area contributed by atoms with Crippen LogP contribution >= 0.6 is 0 Å². The Morgan fingerprint density at radius 3 is 2.32 bits per heavy atom. The third-order valence-electron chi connectivity index (χ3n) is 4.33. The molecule has 1 atom stereocenters. The highest BCUT2D eigenvalue weighted by atomic mass is 16.5. The molecule has 0 amide bonds. The Bertz CT molecular complexity index is 573. The smallest absolute Gasteiger partial charge is 0.119 e. The lowest BCUT2D eigenvalue weighted by Gasteiger charge is -2.16. The van der Waals surface area contributed by atoms with Crippen molar-refractivity contribution in [2.45, 2.75) is 65.5 Å². The highest BCUT2D eigenvalue weighted by Gasteiger charge is 2.14. The van der Waals surface area contributed by atoms with Crippen LogP contribution in [-0.2, 0) is 6.54 Å². The molecule has 1 N–H and O–H groups in total. The first-order chi connectivity index (χ1) is 12.0. The third kappa shape index (κ3) is 7.35. The van der Waals surface area contributed by atoms with E-state index in [0.29, 0.717) is 5.92 Å². The van der Waals surface area contributed by atoms with Crippen LogP contribution in [-0.4, -0.2) is 12.6 Å². The molecular weight excluding hydrogens is 310 g/mol. The molecule has 2 aromatic rings. The SMILES string of the molecule is CC(C)CCC(CCNCc1ccc(OC(C)C)cc1)c1ccco1. The molecule has 0 fully saturated rings. The van der Waals surface area contributed by atoms with Gasteiger partial charge in [-0.05, 0) is 69.0 Å². The van der Waals surface area contributed by atoms with Gasteiger partial charge in [0.2, 0.25) is 0 Å². The fraction of sp³-hybridized carbons (Fsp3) is 0.545. The molecule has 0 radical (unpaired) electrons. The lowest BCUT2D eigenvalue weighted by Crippen LogP contribution is -2.17. The van der Waals surface area contributed by atoms with Gasteiger partial charge in [0.05, 0.1) is 12.4 Å². The van der Waals surface area contributed by atoms with Crippen molar-refractivity contribution in [2.75, 3.05) is 6.54 Å². The van der Waals surface area contributed by atoms with Crippen molar-refractivity contribution in [2.24, 2.45) is 5.92 Å². The largest absolute Gasteiger partial charge is 0.491 e. The fourth-order valence-electron chi connectivity index (χ4n) is 2.95. The van der Waals surface area contributed by atoms with E-state index in [-0.39, 0.29) is 6.10 Å². The number of benzene rings is 1. The lowest BCUT2D eigenvalue weighted by atomic mass is 9.93. The van der Waals surface area contributed by atoms with E-state index in [0.717, 1.165) is 36.9 Å². The van der Waals surface area contributed by atoms with E-state index < -0.39 is 0 Å². The molecule has 25 heavy (non-hydrogen) atoms. The van der Waals surface area contributed by atoms with Gasteiger partial charge in [0.15, 0.2) is 0 Å². The zero-order chi connectivity index (χ0) is 18.1. The summed E-state index contributed by atoms with van der Waals surface area (Å²) in [6.45, 7) is 10.5. The van der Waals surface area contributed by atoms with Crippen LogP contribution in [0.2, 0.25) is 0 Å². The van der Waals surface area contributed by atoms with Gasteiger partial charge in [-0.3, -0.25) is 0 Å². The predicted molar refractivity (Wildman–Crippen MR) is 104 cm³/mol. The van der Waals surface area contributed by atoms with Crippen LogP contribution in [0, 0.1) is 5.92 Å². The van der Waals surface area contributed by atoms with E-state index in [1.165, 1.54) is 18.4 Å². The second-order valence-corrected chi connectivity index (χ2v) is 7.46.